The summed E-state index contributed by atoms with van der Waals surface area (Å²) in [5, 5.41) is 9.36. The molecule has 34 heavy (non-hydrogen) atoms. The van der Waals surface area contributed by atoms with Gasteiger partial charge in [0.1, 0.15) is 6.04 Å². The third-order valence-corrected chi connectivity index (χ3v) is 5.37. The van der Waals surface area contributed by atoms with Crippen LogP contribution in [0.2, 0.25) is 0 Å². The molecule has 0 aliphatic carbocycles. The number of esters is 1. The number of halogens is 3. The molecule has 2 heterocycles. The Kier molecular flexibility index (Phi) is 6.11. The first-order valence-electron chi connectivity index (χ1n) is 10.4. The molecule has 7 nitrogen and oxygen atoms in total. The Balaban J connectivity index is 1.72. The largest absolute Gasteiger partial charge is 0.462 e. The van der Waals surface area contributed by atoms with E-state index in [4.69, 9.17) is 16.9 Å². The van der Waals surface area contributed by atoms with Crippen molar-refractivity contribution in [3.63, 3.8) is 0 Å². The third-order valence-electron chi connectivity index (χ3n) is 5.37. The highest BCUT2D eigenvalue weighted by atomic mass is 19.4. The summed E-state index contributed by atoms with van der Waals surface area (Å²) in [6.45, 7) is 0.108. The normalized spacial score (nSPS) is 18.5. The molecule has 0 saturated carbocycles. The summed E-state index contributed by atoms with van der Waals surface area (Å²) < 4.78 is 45.5. The number of guanidine groups is 1. The minimum Gasteiger partial charge on any atom is -0.462 e. The van der Waals surface area contributed by atoms with Crippen LogP contribution in [0.4, 0.5) is 13.2 Å². The van der Waals surface area contributed by atoms with Gasteiger partial charge in [0, 0.05) is 12.0 Å². The predicted octanol–water partition coefficient (Wildman–Crippen LogP) is 4.19. The Morgan fingerprint density at radius 1 is 1.15 bits per heavy atom. The monoisotopic (exact) mass is 467 g/mol. The average Bonchev–Trinajstić information content (AvgIpc) is 3.64. The number of benzene rings is 2. The first kappa shape index (κ1) is 23.0. The molecule has 1 atom stereocenters. The second-order valence-electron chi connectivity index (χ2n) is 7.63. The van der Waals surface area contributed by atoms with Crippen LogP contribution in [0, 0.1) is 12.3 Å². The molecule has 1 unspecified atom stereocenters. The standard InChI is InChI=1S/C24H20F3N5O2/c1-2-3-7-14-34-21(33)18-19(15-8-5-4-6-9-15)29-22(28)30-20(18)16-10-12-17(13-11-16)23(31-32-23)24(25,26)27/h1,4-6,8-13,20H,3,7,14H2,(H3,28,29,30). The summed E-state index contributed by atoms with van der Waals surface area (Å²) in [6.07, 6.45) is 1.54. The van der Waals surface area contributed by atoms with Gasteiger partial charge >= 0.3 is 17.8 Å². The number of unbranched alkanes of at least 4 members (excludes halogenated alkanes) is 1. The van der Waals surface area contributed by atoms with Gasteiger partial charge in [0.15, 0.2) is 5.96 Å². The van der Waals surface area contributed by atoms with E-state index in [9.17, 15) is 18.0 Å². The van der Waals surface area contributed by atoms with E-state index in [0.29, 0.717) is 29.7 Å². The molecule has 0 fully saturated rings. The van der Waals surface area contributed by atoms with E-state index in [1.165, 1.54) is 24.3 Å². The van der Waals surface area contributed by atoms with Crippen LogP contribution in [0.15, 0.2) is 75.4 Å². The maximum atomic E-state index is 13.4. The summed E-state index contributed by atoms with van der Waals surface area (Å²) in [6, 6.07) is 13.5. The lowest BCUT2D eigenvalue weighted by molar-refractivity contribution is -0.166. The summed E-state index contributed by atoms with van der Waals surface area (Å²) in [5.41, 5.74) is 5.06. The lowest BCUT2D eigenvalue weighted by atomic mass is 9.91. The van der Waals surface area contributed by atoms with E-state index in [1.807, 2.05) is 6.07 Å². The molecule has 2 aliphatic heterocycles. The number of nitrogens with two attached hydrogens (primary N) is 1. The minimum atomic E-state index is -4.64. The molecule has 0 saturated heterocycles. The molecule has 4 rings (SSSR count). The van der Waals surface area contributed by atoms with Gasteiger partial charge in [0.25, 0.3) is 0 Å². The second kappa shape index (κ2) is 9.02. The van der Waals surface area contributed by atoms with Crippen LogP contribution in [0.1, 0.15) is 35.6 Å². The maximum absolute atomic E-state index is 13.4. The average molecular weight is 467 g/mol. The number of nitrogens with one attached hydrogen (secondary N) is 1. The van der Waals surface area contributed by atoms with E-state index < -0.39 is 23.9 Å². The number of rotatable bonds is 7. The molecule has 2 aliphatic rings. The number of carbonyl (C=O) groups excluding carboxylic acids is 1. The van der Waals surface area contributed by atoms with E-state index in [2.05, 4.69) is 26.5 Å². The van der Waals surface area contributed by atoms with E-state index in [1.54, 1.807) is 24.3 Å². The summed E-state index contributed by atoms with van der Waals surface area (Å²) in [4.78, 5) is 17.5. The van der Waals surface area contributed by atoms with Crippen molar-refractivity contribution < 1.29 is 22.7 Å². The van der Waals surface area contributed by atoms with Crippen LogP contribution < -0.4 is 11.1 Å². The quantitative estimate of drug-likeness (QED) is 0.362. The minimum absolute atomic E-state index is 0.0516. The Hall–Kier alpha value is -4.13. The van der Waals surface area contributed by atoms with Gasteiger partial charge in [0.05, 0.1) is 17.9 Å². The fourth-order valence-corrected chi connectivity index (χ4v) is 3.61. The lowest BCUT2D eigenvalue weighted by Crippen LogP contribution is -2.37. The molecule has 2 aromatic rings. The first-order chi connectivity index (χ1) is 16.3. The Morgan fingerprint density at radius 3 is 2.41 bits per heavy atom. The Bertz CT molecular complexity index is 1210. The van der Waals surface area contributed by atoms with Crippen LogP contribution in [-0.4, -0.2) is 24.7 Å². The maximum Gasteiger partial charge on any atom is 0.442 e. The number of alkyl halides is 3. The molecule has 0 amide bonds. The molecule has 0 aromatic heterocycles. The van der Waals surface area contributed by atoms with Crippen LogP contribution >= 0.6 is 0 Å². The van der Waals surface area contributed by atoms with Crippen LogP contribution in [0.3, 0.4) is 0 Å². The van der Waals surface area contributed by atoms with E-state index >= 15 is 0 Å². The van der Waals surface area contributed by atoms with Crippen molar-refractivity contribution in [3.8, 4) is 12.3 Å². The van der Waals surface area contributed by atoms with E-state index in [-0.39, 0.29) is 23.7 Å². The Labute approximate surface area is 193 Å². The van der Waals surface area contributed by atoms with Gasteiger partial charge in [-0.1, -0.05) is 54.6 Å². The highest BCUT2D eigenvalue weighted by Gasteiger charge is 2.65. The van der Waals surface area contributed by atoms with Gasteiger partial charge in [0.2, 0.25) is 0 Å². The SMILES string of the molecule is C#CCCCOC(=O)C1=C(c2ccccc2)NC(N)=NC1c1ccc(C2(C(F)(F)F)N=N2)cc1. The first-order valence-corrected chi connectivity index (χ1v) is 10.4. The molecule has 3 N–H and O–H groups in total. The molecule has 0 radical (unpaired) electrons. The van der Waals surface area contributed by atoms with Crippen LogP contribution in [0.25, 0.3) is 5.70 Å². The number of hydrogen-bond acceptors (Lipinski definition) is 7. The molecular weight excluding hydrogens is 447 g/mol. The van der Waals surface area contributed by atoms with Crippen molar-refractivity contribution in [3.05, 3.63) is 76.9 Å². The van der Waals surface area contributed by atoms with Gasteiger partial charge in [-0.05, 0) is 17.5 Å². The zero-order valence-electron chi connectivity index (χ0n) is 17.8. The van der Waals surface area contributed by atoms with Crippen molar-refractivity contribution in [2.45, 2.75) is 30.7 Å². The summed E-state index contributed by atoms with van der Waals surface area (Å²) >= 11 is 0. The zero-order valence-corrected chi connectivity index (χ0v) is 17.8. The highest BCUT2D eigenvalue weighted by Crippen LogP contribution is 2.52. The topological polar surface area (TPSA) is 101 Å². The van der Waals surface area contributed by atoms with Gasteiger partial charge in [-0.15, -0.1) is 22.6 Å². The van der Waals surface area contributed by atoms with Gasteiger partial charge < -0.3 is 15.8 Å². The molecule has 10 heteroatoms. The van der Waals surface area contributed by atoms with Crippen molar-refractivity contribution in [2.24, 2.45) is 21.0 Å². The smallest absolute Gasteiger partial charge is 0.442 e. The number of ether oxygens (including phenoxy) is 1. The van der Waals surface area contributed by atoms with Crippen LogP contribution in [-0.2, 0) is 15.2 Å². The molecule has 2 aromatic carbocycles. The zero-order chi connectivity index (χ0) is 24.3. The second-order valence-corrected chi connectivity index (χ2v) is 7.63. The van der Waals surface area contributed by atoms with Crippen molar-refractivity contribution in [1.29, 1.82) is 0 Å². The Morgan fingerprint density at radius 2 is 1.82 bits per heavy atom. The molecule has 0 spiro atoms. The van der Waals surface area contributed by atoms with E-state index in [0.717, 1.165) is 0 Å². The summed E-state index contributed by atoms with van der Waals surface area (Å²) in [5.74, 6) is 1.90. The number of aliphatic imine (C=N–C) groups is 1. The molecular formula is C24H20F3N5O2. The number of nitrogens with zero attached hydrogens (tertiary/aromatic N) is 3. The molecule has 174 valence electrons. The third kappa shape index (κ3) is 4.37. The van der Waals surface area contributed by atoms with Gasteiger partial charge in [-0.2, -0.15) is 13.2 Å². The summed E-state index contributed by atoms with van der Waals surface area (Å²) in [7, 11) is 0. The van der Waals surface area contributed by atoms with Crippen molar-refractivity contribution in [2.75, 3.05) is 6.61 Å². The predicted molar refractivity (Wildman–Crippen MR) is 119 cm³/mol. The van der Waals surface area contributed by atoms with Crippen LogP contribution in [0.5, 0.6) is 0 Å². The fraction of sp³-hybridized carbons (Fsp3) is 0.250. The number of hydrogen-bond donors (Lipinski definition) is 2. The van der Waals surface area contributed by atoms with Gasteiger partial charge in [-0.3, -0.25) is 0 Å². The lowest BCUT2D eigenvalue weighted by Gasteiger charge is -2.26. The van der Waals surface area contributed by atoms with Gasteiger partial charge in [-0.25, -0.2) is 9.79 Å². The molecule has 0 bridgehead atoms. The fourth-order valence-electron chi connectivity index (χ4n) is 3.61. The highest BCUT2D eigenvalue weighted by molar-refractivity contribution is 6.04. The van der Waals surface area contributed by atoms with Crippen molar-refractivity contribution >= 4 is 17.6 Å². The number of carbonyl (C=O) groups is 1. The number of terminal acetylenes is 1. The van der Waals surface area contributed by atoms with Crippen molar-refractivity contribution in [1.82, 2.24) is 5.32 Å².